The van der Waals surface area contributed by atoms with Crippen molar-refractivity contribution in [3.05, 3.63) is 78.2 Å². The predicted octanol–water partition coefficient (Wildman–Crippen LogP) is 4.26. The van der Waals surface area contributed by atoms with E-state index in [1.807, 2.05) is 55.6 Å². The maximum absolute atomic E-state index is 13.1. The number of nitrogens with one attached hydrogen (secondary N) is 2. The summed E-state index contributed by atoms with van der Waals surface area (Å²) in [5.41, 5.74) is 3.86. The van der Waals surface area contributed by atoms with E-state index in [0.717, 1.165) is 32.6 Å². The number of rotatable bonds is 9. The molecule has 3 aromatic heterocycles. The van der Waals surface area contributed by atoms with E-state index in [0.29, 0.717) is 11.6 Å². The second-order valence-corrected chi connectivity index (χ2v) is 11.7. The molecule has 1 atom stereocenters. The first-order valence-corrected chi connectivity index (χ1v) is 14.3. The normalized spacial score (nSPS) is 12.3. The lowest BCUT2D eigenvalue weighted by Crippen LogP contribution is -2.44. The Morgan fingerprint density at radius 2 is 1.78 bits per heavy atom. The lowest BCUT2D eigenvalue weighted by atomic mass is 10.0. The van der Waals surface area contributed by atoms with Crippen LogP contribution in [0.25, 0.3) is 22.4 Å². The zero-order valence-corrected chi connectivity index (χ0v) is 22.2. The van der Waals surface area contributed by atoms with Gasteiger partial charge in [-0.2, -0.15) is 0 Å². The van der Waals surface area contributed by atoms with Crippen LogP contribution in [0, 0.1) is 5.92 Å². The van der Waals surface area contributed by atoms with Crippen molar-refractivity contribution in [3.63, 3.8) is 0 Å². The molecule has 37 heavy (non-hydrogen) atoms. The number of aromatic nitrogens is 3. The van der Waals surface area contributed by atoms with E-state index in [1.165, 1.54) is 29.8 Å². The minimum Gasteiger partial charge on any atom is -0.340 e. The number of nitrogens with zero attached hydrogens (tertiary/aromatic N) is 3. The first kappa shape index (κ1) is 26.2. The Balaban J connectivity index is 1.47. The molecule has 9 nitrogen and oxygen atoms in total. The summed E-state index contributed by atoms with van der Waals surface area (Å²) < 4.78 is 24.4. The first-order chi connectivity index (χ1) is 17.6. The van der Waals surface area contributed by atoms with Crippen LogP contribution in [0.4, 0.5) is 5.13 Å². The average Bonchev–Trinajstić information content (AvgIpc) is 3.54. The molecule has 0 unspecified atom stereocenters. The van der Waals surface area contributed by atoms with Gasteiger partial charge in [-0.15, -0.1) is 11.3 Å². The summed E-state index contributed by atoms with van der Waals surface area (Å²) in [5.74, 6) is -0.800. The topological polar surface area (TPSA) is 123 Å². The minimum atomic E-state index is -3.51. The van der Waals surface area contributed by atoms with Crippen molar-refractivity contribution in [2.75, 3.05) is 11.6 Å². The Morgan fingerprint density at radius 1 is 1.05 bits per heavy atom. The maximum Gasteiger partial charge on any atom is 0.253 e. The summed E-state index contributed by atoms with van der Waals surface area (Å²) in [6.45, 7) is 3.90. The van der Waals surface area contributed by atoms with Crippen LogP contribution in [0.15, 0.2) is 72.6 Å². The van der Waals surface area contributed by atoms with Crippen LogP contribution >= 0.6 is 11.3 Å². The van der Waals surface area contributed by atoms with Gasteiger partial charge in [0.15, 0.2) is 5.13 Å². The van der Waals surface area contributed by atoms with Crippen molar-refractivity contribution in [3.8, 4) is 22.4 Å². The molecule has 0 aliphatic rings. The number of thiazole rings is 1. The Labute approximate surface area is 219 Å². The highest BCUT2D eigenvalue weighted by atomic mass is 32.2. The molecule has 0 radical (unpaired) electrons. The minimum absolute atomic E-state index is 0.124. The van der Waals surface area contributed by atoms with Crippen LogP contribution in [0.5, 0.6) is 0 Å². The van der Waals surface area contributed by atoms with Crippen LogP contribution in [0.1, 0.15) is 30.6 Å². The Morgan fingerprint density at radius 3 is 2.46 bits per heavy atom. The van der Waals surface area contributed by atoms with Crippen LogP contribution in [-0.2, 0) is 14.8 Å². The summed E-state index contributed by atoms with van der Waals surface area (Å²) in [4.78, 5) is 34.5. The van der Waals surface area contributed by atoms with Gasteiger partial charge in [-0.25, -0.2) is 13.4 Å². The Bertz CT molecular complexity index is 1510. The summed E-state index contributed by atoms with van der Waals surface area (Å²) >= 11 is 1.30. The number of amides is 2. The van der Waals surface area contributed by atoms with Crippen molar-refractivity contribution >= 4 is 38.3 Å². The number of pyridine rings is 1. The summed E-state index contributed by atoms with van der Waals surface area (Å²) in [6, 6.07) is 12.4. The van der Waals surface area contributed by atoms with Gasteiger partial charge in [0, 0.05) is 35.7 Å². The molecular weight excluding hydrogens is 510 g/mol. The molecule has 1 aromatic carbocycles. The van der Waals surface area contributed by atoms with Gasteiger partial charge >= 0.3 is 0 Å². The number of hydrogen-bond acceptors (Lipinski definition) is 7. The molecule has 2 N–H and O–H groups in total. The van der Waals surface area contributed by atoms with Gasteiger partial charge in [0.05, 0.1) is 17.5 Å². The van der Waals surface area contributed by atoms with Crippen molar-refractivity contribution < 1.29 is 18.0 Å². The van der Waals surface area contributed by atoms with Crippen molar-refractivity contribution in [2.24, 2.45) is 5.92 Å². The van der Waals surface area contributed by atoms with E-state index in [1.54, 1.807) is 12.4 Å². The lowest BCUT2D eigenvalue weighted by molar-refractivity contribution is -0.118. The van der Waals surface area contributed by atoms with Gasteiger partial charge in [0.25, 0.3) is 5.91 Å². The highest BCUT2D eigenvalue weighted by Crippen LogP contribution is 2.29. The van der Waals surface area contributed by atoms with Crippen molar-refractivity contribution in [2.45, 2.75) is 26.3 Å². The fourth-order valence-electron chi connectivity index (χ4n) is 3.72. The zero-order chi connectivity index (χ0) is 26.6. The van der Waals surface area contributed by atoms with Gasteiger partial charge in [-0.1, -0.05) is 32.0 Å². The molecule has 3 heterocycles. The summed E-state index contributed by atoms with van der Waals surface area (Å²) in [5, 5.41) is 7.82. The van der Waals surface area contributed by atoms with Crippen LogP contribution in [0.2, 0.25) is 0 Å². The molecule has 0 aliphatic heterocycles. The van der Waals surface area contributed by atoms with E-state index < -0.39 is 27.9 Å². The third-order valence-electron chi connectivity index (χ3n) is 5.55. The SMILES string of the molecule is CC(C)C[C@H](NC(=O)c1ccn(S(C)(=O)=O)c1)C(=O)Nc1nc(-c2cccc(-c3ccncc3)c2)cs1. The quantitative estimate of drug-likeness (QED) is 0.329. The standard InChI is InChI=1S/C26H27N5O4S2/c1-17(2)13-22(28-24(32)21-9-12-31(15-21)37(3,34)35)25(33)30-26-29-23(16-36-26)20-6-4-5-19(14-20)18-7-10-27-11-8-18/h4-12,14-17,22H,13H2,1-3H3,(H,28,32)(H,29,30,33)/t22-/m0/s1. The smallest absolute Gasteiger partial charge is 0.253 e. The number of benzene rings is 1. The van der Waals surface area contributed by atoms with Gasteiger partial charge < -0.3 is 10.6 Å². The maximum atomic E-state index is 13.1. The highest BCUT2D eigenvalue weighted by molar-refractivity contribution is 7.89. The molecular formula is C26H27N5O4S2. The van der Waals surface area contributed by atoms with E-state index in [2.05, 4.69) is 20.6 Å². The van der Waals surface area contributed by atoms with Crippen LogP contribution < -0.4 is 10.6 Å². The third-order valence-corrected chi connectivity index (χ3v) is 7.30. The highest BCUT2D eigenvalue weighted by Gasteiger charge is 2.24. The number of carbonyl (C=O) groups excluding carboxylic acids is 2. The monoisotopic (exact) mass is 537 g/mol. The fourth-order valence-corrected chi connectivity index (χ4v) is 5.03. The third kappa shape index (κ3) is 6.69. The molecule has 4 rings (SSSR count). The largest absolute Gasteiger partial charge is 0.340 e. The Hall–Kier alpha value is -3.83. The van der Waals surface area contributed by atoms with Crippen LogP contribution in [-0.4, -0.2) is 46.5 Å². The first-order valence-electron chi connectivity index (χ1n) is 11.6. The summed E-state index contributed by atoms with van der Waals surface area (Å²) in [6.07, 6.45) is 7.45. The zero-order valence-electron chi connectivity index (χ0n) is 20.6. The lowest BCUT2D eigenvalue weighted by Gasteiger charge is -2.19. The number of anilines is 1. The fraction of sp³-hybridized carbons (Fsp3) is 0.231. The Kier molecular flexibility index (Phi) is 7.84. The van der Waals surface area contributed by atoms with E-state index in [-0.39, 0.29) is 11.5 Å². The van der Waals surface area contributed by atoms with Crippen LogP contribution in [0.3, 0.4) is 0 Å². The molecule has 0 aliphatic carbocycles. The van der Waals surface area contributed by atoms with Gasteiger partial charge in [-0.3, -0.25) is 18.5 Å². The predicted molar refractivity (Wildman–Crippen MR) is 145 cm³/mol. The molecule has 11 heteroatoms. The van der Waals surface area contributed by atoms with Gasteiger partial charge in [0.1, 0.15) is 6.04 Å². The second-order valence-electron chi connectivity index (χ2n) is 8.99. The van der Waals surface area contributed by atoms with Gasteiger partial charge in [0.2, 0.25) is 15.9 Å². The summed E-state index contributed by atoms with van der Waals surface area (Å²) in [7, 11) is -3.51. The number of carbonyl (C=O) groups is 2. The second kappa shape index (κ2) is 11.1. The van der Waals surface area contributed by atoms with Gasteiger partial charge in [-0.05, 0) is 47.7 Å². The number of hydrogen-bond donors (Lipinski definition) is 2. The molecule has 0 fully saturated rings. The van der Waals surface area contributed by atoms with E-state index in [4.69, 9.17) is 0 Å². The average molecular weight is 538 g/mol. The molecule has 0 spiro atoms. The van der Waals surface area contributed by atoms with E-state index in [9.17, 15) is 18.0 Å². The van der Waals surface area contributed by atoms with Crippen molar-refractivity contribution in [1.29, 1.82) is 0 Å². The van der Waals surface area contributed by atoms with E-state index >= 15 is 0 Å². The molecule has 4 aromatic rings. The molecule has 192 valence electrons. The molecule has 2 amide bonds. The molecule has 0 bridgehead atoms. The van der Waals surface area contributed by atoms with Crippen molar-refractivity contribution in [1.82, 2.24) is 19.3 Å². The molecule has 0 saturated carbocycles. The molecule has 0 saturated heterocycles.